The predicted octanol–water partition coefficient (Wildman–Crippen LogP) is 2.16. The first-order chi connectivity index (χ1) is 16.8. The van der Waals surface area contributed by atoms with E-state index in [1.807, 2.05) is 4.57 Å². The van der Waals surface area contributed by atoms with Crippen LogP contribution in [0.2, 0.25) is 0 Å². The lowest BCUT2D eigenvalue weighted by atomic mass is 10.2. The van der Waals surface area contributed by atoms with Crippen LogP contribution in [0.5, 0.6) is 11.5 Å². The molecule has 0 saturated carbocycles. The van der Waals surface area contributed by atoms with Gasteiger partial charge in [0, 0.05) is 49.5 Å². The van der Waals surface area contributed by atoms with E-state index in [4.69, 9.17) is 4.74 Å². The molecule has 0 bridgehead atoms. The van der Waals surface area contributed by atoms with Crippen molar-refractivity contribution in [2.24, 2.45) is 4.99 Å². The summed E-state index contributed by atoms with van der Waals surface area (Å²) in [5.41, 5.74) is 0.798. The van der Waals surface area contributed by atoms with Crippen molar-refractivity contribution in [3.63, 3.8) is 0 Å². The molecule has 3 aromatic rings. The van der Waals surface area contributed by atoms with Crippen molar-refractivity contribution in [3.8, 4) is 11.5 Å². The number of aliphatic hydroxyl groups is 1. The van der Waals surface area contributed by atoms with Gasteiger partial charge in [0.05, 0.1) is 5.56 Å². The number of carbonyl (C=O) groups excluding carboxylic acids is 1. The minimum Gasteiger partial charge on any atom is -0.503 e. The van der Waals surface area contributed by atoms with E-state index in [9.17, 15) is 15.0 Å². The van der Waals surface area contributed by atoms with Crippen molar-refractivity contribution in [1.29, 1.82) is 0 Å². The minimum absolute atomic E-state index is 0.0175. The van der Waals surface area contributed by atoms with Gasteiger partial charge >= 0.3 is 0 Å². The lowest BCUT2D eigenvalue weighted by molar-refractivity contribution is 0.0439. The zero-order chi connectivity index (χ0) is 25.1. The third-order valence-electron chi connectivity index (χ3n) is 6.01. The molecular formula is C25H32N6O4. The fraction of sp³-hybridized carbons (Fsp3) is 0.440. The molecular weight excluding hydrogens is 448 g/mol. The summed E-state index contributed by atoms with van der Waals surface area (Å²) < 4.78 is 7.59. The fourth-order valence-corrected chi connectivity index (χ4v) is 4.31. The van der Waals surface area contributed by atoms with Crippen molar-refractivity contribution in [3.05, 3.63) is 47.8 Å². The summed E-state index contributed by atoms with van der Waals surface area (Å²) in [6, 6.07) is 7.33. The number of anilines is 1. The number of phenolic OH excluding ortho intramolecular Hbond substituents is 1. The van der Waals surface area contributed by atoms with Crippen LogP contribution >= 0.6 is 0 Å². The Morgan fingerprint density at radius 1 is 1.26 bits per heavy atom. The van der Waals surface area contributed by atoms with Crippen LogP contribution < -0.4 is 15.7 Å². The van der Waals surface area contributed by atoms with E-state index in [1.165, 1.54) is 6.20 Å². The molecule has 3 heterocycles. The quantitative estimate of drug-likeness (QED) is 0.448. The first-order valence-corrected chi connectivity index (χ1v) is 11.8. The number of nitrogens with zero attached hydrogens (tertiary/aromatic N) is 5. The average molecular weight is 481 g/mol. The summed E-state index contributed by atoms with van der Waals surface area (Å²) in [6.45, 7) is 10.0. The molecule has 35 heavy (non-hydrogen) atoms. The first kappa shape index (κ1) is 24.6. The highest BCUT2D eigenvalue weighted by atomic mass is 16.5. The highest BCUT2D eigenvalue weighted by molar-refractivity contribution is 5.96. The van der Waals surface area contributed by atoms with Crippen molar-refractivity contribution in [1.82, 2.24) is 19.4 Å². The SMILES string of the molecule is CC(C)N(C[C@@H](O)COc1ccc2c3n(c(=NC(=O)c4cccnc4)nc2c1O)CCN3)C(C)C. The Kier molecular flexibility index (Phi) is 7.32. The molecule has 0 unspecified atom stereocenters. The van der Waals surface area contributed by atoms with Crippen LogP contribution in [0.25, 0.3) is 10.9 Å². The molecule has 0 aliphatic carbocycles. The van der Waals surface area contributed by atoms with E-state index in [0.717, 1.165) is 5.82 Å². The summed E-state index contributed by atoms with van der Waals surface area (Å²) in [7, 11) is 0. The first-order valence-electron chi connectivity index (χ1n) is 11.8. The van der Waals surface area contributed by atoms with Crippen LogP contribution in [-0.4, -0.2) is 73.4 Å². The molecule has 0 spiro atoms. The van der Waals surface area contributed by atoms with Gasteiger partial charge in [-0.2, -0.15) is 4.99 Å². The summed E-state index contributed by atoms with van der Waals surface area (Å²) in [6.07, 6.45) is 2.30. The van der Waals surface area contributed by atoms with Gasteiger partial charge in [0.15, 0.2) is 11.5 Å². The maximum Gasteiger partial charge on any atom is 0.281 e. The highest BCUT2D eigenvalue weighted by Crippen LogP contribution is 2.36. The van der Waals surface area contributed by atoms with E-state index in [1.54, 1.807) is 30.5 Å². The number of nitrogens with one attached hydrogen (secondary N) is 1. The van der Waals surface area contributed by atoms with Gasteiger partial charge in [0.2, 0.25) is 5.62 Å². The summed E-state index contributed by atoms with van der Waals surface area (Å²) in [5.74, 6) is 0.291. The summed E-state index contributed by atoms with van der Waals surface area (Å²) >= 11 is 0. The number of phenols is 1. The van der Waals surface area contributed by atoms with Gasteiger partial charge in [-0.3, -0.25) is 19.2 Å². The number of hydrogen-bond acceptors (Lipinski definition) is 8. The third kappa shape index (κ3) is 5.28. The number of aliphatic hydroxyl groups excluding tert-OH is 1. The molecule has 1 atom stereocenters. The molecule has 1 aliphatic heterocycles. The van der Waals surface area contributed by atoms with Crippen LogP contribution in [0.3, 0.4) is 0 Å². The van der Waals surface area contributed by atoms with Crippen LogP contribution in [0.15, 0.2) is 41.7 Å². The molecule has 1 aromatic carbocycles. The molecule has 0 radical (unpaired) electrons. The minimum atomic E-state index is -0.734. The van der Waals surface area contributed by atoms with Gasteiger partial charge in [-0.25, -0.2) is 4.98 Å². The van der Waals surface area contributed by atoms with Crippen molar-refractivity contribution in [2.45, 2.75) is 52.4 Å². The lowest BCUT2D eigenvalue weighted by Gasteiger charge is -2.32. The molecule has 0 fully saturated rings. The molecule has 1 aliphatic rings. The van der Waals surface area contributed by atoms with Crippen LogP contribution in [-0.2, 0) is 6.54 Å². The van der Waals surface area contributed by atoms with E-state index < -0.39 is 12.0 Å². The Bertz CT molecular complexity index is 1260. The zero-order valence-corrected chi connectivity index (χ0v) is 20.5. The number of benzene rings is 1. The second-order valence-electron chi connectivity index (χ2n) is 9.16. The molecule has 1 amide bonds. The Labute approximate surface area is 203 Å². The number of rotatable bonds is 8. The maximum absolute atomic E-state index is 12.7. The van der Waals surface area contributed by atoms with Gasteiger partial charge in [0.25, 0.3) is 5.91 Å². The number of amides is 1. The molecule has 186 valence electrons. The van der Waals surface area contributed by atoms with Crippen LogP contribution in [0.1, 0.15) is 38.1 Å². The normalized spacial score (nSPS) is 14.6. The van der Waals surface area contributed by atoms with Crippen molar-refractivity contribution in [2.75, 3.05) is 25.0 Å². The number of hydrogen-bond donors (Lipinski definition) is 3. The Morgan fingerprint density at radius 2 is 2.03 bits per heavy atom. The van der Waals surface area contributed by atoms with E-state index in [2.05, 4.69) is 52.9 Å². The maximum atomic E-state index is 12.7. The Hall–Kier alpha value is -3.50. The molecule has 0 saturated heterocycles. The number of ether oxygens (including phenoxy) is 1. The molecule has 2 aromatic heterocycles. The van der Waals surface area contributed by atoms with Gasteiger partial charge in [-0.15, -0.1) is 0 Å². The second-order valence-corrected chi connectivity index (χ2v) is 9.16. The number of aromatic nitrogens is 3. The van der Waals surface area contributed by atoms with Gasteiger partial charge in [-0.1, -0.05) is 0 Å². The number of carbonyl (C=O) groups is 1. The topological polar surface area (TPSA) is 125 Å². The molecule has 10 nitrogen and oxygen atoms in total. The van der Waals surface area contributed by atoms with E-state index >= 15 is 0 Å². The number of fused-ring (bicyclic) bond motifs is 3. The lowest BCUT2D eigenvalue weighted by Crippen LogP contribution is -2.43. The van der Waals surface area contributed by atoms with Crippen molar-refractivity contribution >= 4 is 22.6 Å². The molecule has 4 rings (SSSR count). The van der Waals surface area contributed by atoms with Gasteiger partial charge in [0.1, 0.15) is 24.0 Å². The molecule has 3 N–H and O–H groups in total. The second kappa shape index (κ2) is 10.4. The number of pyridine rings is 1. The van der Waals surface area contributed by atoms with E-state index in [0.29, 0.717) is 30.6 Å². The number of aromatic hydroxyl groups is 1. The zero-order valence-electron chi connectivity index (χ0n) is 20.5. The Balaban J connectivity index is 1.64. The van der Waals surface area contributed by atoms with E-state index in [-0.39, 0.29) is 41.3 Å². The smallest absolute Gasteiger partial charge is 0.281 e. The Morgan fingerprint density at radius 3 is 2.71 bits per heavy atom. The monoisotopic (exact) mass is 480 g/mol. The highest BCUT2D eigenvalue weighted by Gasteiger charge is 2.22. The summed E-state index contributed by atoms with van der Waals surface area (Å²) in [5, 5.41) is 25.5. The third-order valence-corrected chi connectivity index (χ3v) is 6.01. The summed E-state index contributed by atoms with van der Waals surface area (Å²) in [4.78, 5) is 27.5. The average Bonchev–Trinajstić information content (AvgIpc) is 3.33. The van der Waals surface area contributed by atoms with Gasteiger partial charge in [-0.05, 0) is 52.0 Å². The van der Waals surface area contributed by atoms with Gasteiger partial charge < -0.3 is 20.3 Å². The van der Waals surface area contributed by atoms with Crippen LogP contribution in [0, 0.1) is 0 Å². The van der Waals surface area contributed by atoms with Crippen LogP contribution in [0.4, 0.5) is 5.82 Å². The standard InChI is InChI=1S/C25H32N6O4/c1-15(2)31(16(3)4)13-18(32)14-35-20-8-7-19-21(22(20)33)28-25(30-11-10-27-23(19)30)29-24(34)17-6-5-9-26-12-17/h5-9,12,15-16,18,27,32-33H,10-11,13-14H2,1-4H3/t18-/m1/s1. The van der Waals surface area contributed by atoms with Crippen molar-refractivity contribution < 1.29 is 19.7 Å². The predicted molar refractivity (Wildman–Crippen MR) is 132 cm³/mol. The fourth-order valence-electron chi connectivity index (χ4n) is 4.31. The largest absolute Gasteiger partial charge is 0.503 e. The molecule has 10 heteroatoms.